The van der Waals surface area contributed by atoms with Crippen LogP contribution >= 0.6 is 0 Å². The van der Waals surface area contributed by atoms with Crippen LogP contribution in [0.25, 0.3) is 0 Å². The number of aryl methyl sites for hydroxylation is 2. The summed E-state index contributed by atoms with van der Waals surface area (Å²) in [6.07, 6.45) is 5.13. The molecule has 3 heterocycles. The lowest BCUT2D eigenvalue weighted by atomic mass is 10.2. The van der Waals surface area contributed by atoms with Crippen molar-refractivity contribution in [2.45, 2.75) is 39.2 Å². The molecular formula is C16H22N6O. The molecule has 0 unspecified atom stereocenters. The third kappa shape index (κ3) is 2.69. The van der Waals surface area contributed by atoms with Crippen molar-refractivity contribution in [3.8, 4) is 0 Å². The number of piperazine rings is 1. The lowest BCUT2D eigenvalue weighted by Crippen LogP contribution is -2.47. The Morgan fingerprint density at radius 1 is 1.13 bits per heavy atom. The van der Waals surface area contributed by atoms with Crippen molar-refractivity contribution in [3.05, 3.63) is 29.3 Å². The van der Waals surface area contributed by atoms with Gasteiger partial charge in [0.05, 0.1) is 6.04 Å². The summed E-state index contributed by atoms with van der Waals surface area (Å²) in [6, 6.07) is 0.162. The minimum absolute atomic E-state index is 0.162. The fourth-order valence-electron chi connectivity index (χ4n) is 3.57. The first-order chi connectivity index (χ1) is 11.2. The second-order valence-electron chi connectivity index (χ2n) is 6.35. The molecule has 0 amide bonds. The molecular weight excluding hydrogens is 292 g/mol. The maximum Gasteiger partial charge on any atom is 0.243 e. The quantitative estimate of drug-likeness (QED) is 0.851. The van der Waals surface area contributed by atoms with Gasteiger partial charge >= 0.3 is 0 Å². The Bertz CT molecular complexity index is 692. The summed E-state index contributed by atoms with van der Waals surface area (Å²) >= 11 is 0. The Balaban J connectivity index is 1.44. The van der Waals surface area contributed by atoms with Crippen LogP contribution in [0.4, 0.5) is 5.82 Å². The summed E-state index contributed by atoms with van der Waals surface area (Å²) in [5, 5.41) is 3.89. The van der Waals surface area contributed by atoms with E-state index >= 15 is 0 Å². The zero-order valence-corrected chi connectivity index (χ0v) is 13.7. The molecule has 7 nitrogen and oxygen atoms in total. The monoisotopic (exact) mass is 314 g/mol. The SMILES string of the molecule is Cc1noc([C@H](C)N2CCN(c3ncnc4c3CCC4)CC2)n1. The summed E-state index contributed by atoms with van der Waals surface area (Å²) in [4.78, 5) is 18.1. The number of rotatable bonds is 3. The second-order valence-corrected chi connectivity index (χ2v) is 6.35. The highest BCUT2D eigenvalue weighted by Crippen LogP contribution is 2.29. The van der Waals surface area contributed by atoms with Gasteiger partial charge in [0.2, 0.25) is 5.89 Å². The predicted octanol–water partition coefficient (Wildman–Crippen LogP) is 1.54. The van der Waals surface area contributed by atoms with Crippen LogP contribution < -0.4 is 4.90 Å². The van der Waals surface area contributed by atoms with E-state index in [0.717, 1.165) is 44.8 Å². The van der Waals surface area contributed by atoms with Gasteiger partial charge in [-0.2, -0.15) is 4.98 Å². The fraction of sp³-hybridized carbons (Fsp3) is 0.625. The Kier molecular flexibility index (Phi) is 3.72. The summed E-state index contributed by atoms with van der Waals surface area (Å²) < 4.78 is 5.31. The van der Waals surface area contributed by atoms with E-state index in [0.29, 0.717) is 11.7 Å². The molecule has 0 bridgehead atoms. The maximum absolute atomic E-state index is 5.31. The van der Waals surface area contributed by atoms with Gasteiger partial charge in [-0.15, -0.1) is 0 Å². The van der Waals surface area contributed by atoms with Crippen molar-refractivity contribution in [1.82, 2.24) is 25.0 Å². The van der Waals surface area contributed by atoms with Crippen LogP contribution in [0.3, 0.4) is 0 Å². The topological polar surface area (TPSA) is 71.2 Å². The Morgan fingerprint density at radius 3 is 2.70 bits per heavy atom. The van der Waals surface area contributed by atoms with Gasteiger partial charge in [-0.1, -0.05) is 5.16 Å². The molecule has 2 aromatic rings. The lowest BCUT2D eigenvalue weighted by Gasteiger charge is -2.37. The molecule has 2 aliphatic rings. The van der Waals surface area contributed by atoms with E-state index in [1.807, 2.05) is 6.92 Å². The van der Waals surface area contributed by atoms with Gasteiger partial charge in [0, 0.05) is 37.4 Å². The number of aromatic nitrogens is 4. The Hall–Kier alpha value is -2.02. The molecule has 0 spiro atoms. The van der Waals surface area contributed by atoms with E-state index in [9.17, 15) is 0 Å². The van der Waals surface area contributed by atoms with Crippen molar-refractivity contribution in [2.75, 3.05) is 31.1 Å². The highest BCUT2D eigenvalue weighted by molar-refractivity contribution is 5.50. The molecule has 7 heteroatoms. The molecule has 1 atom stereocenters. The number of anilines is 1. The lowest BCUT2D eigenvalue weighted by molar-refractivity contribution is 0.164. The molecule has 0 aromatic carbocycles. The van der Waals surface area contributed by atoms with E-state index in [1.54, 1.807) is 6.33 Å². The highest BCUT2D eigenvalue weighted by atomic mass is 16.5. The van der Waals surface area contributed by atoms with Crippen molar-refractivity contribution in [2.24, 2.45) is 0 Å². The van der Waals surface area contributed by atoms with Gasteiger partial charge < -0.3 is 9.42 Å². The standard InChI is InChI=1S/C16H22N6O/c1-11(16-19-12(2)20-23-16)21-6-8-22(9-7-21)15-13-4-3-5-14(13)17-10-18-15/h10-11H,3-9H2,1-2H3/t11-/m0/s1. The Morgan fingerprint density at radius 2 is 1.96 bits per heavy atom. The normalized spacial score (nSPS) is 19.8. The minimum atomic E-state index is 0.162. The zero-order chi connectivity index (χ0) is 15.8. The predicted molar refractivity (Wildman–Crippen MR) is 85.3 cm³/mol. The molecule has 0 N–H and O–H groups in total. The first kappa shape index (κ1) is 14.6. The van der Waals surface area contributed by atoms with Gasteiger partial charge in [-0.3, -0.25) is 4.90 Å². The average molecular weight is 314 g/mol. The molecule has 23 heavy (non-hydrogen) atoms. The van der Waals surface area contributed by atoms with Crippen LogP contribution in [-0.2, 0) is 12.8 Å². The maximum atomic E-state index is 5.31. The van der Waals surface area contributed by atoms with Crippen molar-refractivity contribution in [1.29, 1.82) is 0 Å². The molecule has 122 valence electrons. The van der Waals surface area contributed by atoms with Crippen molar-refractivity contribution in [3.63, 3.8) is 0 Å². The Labute approximate surface area is 135 Å². The molecule has 0 saturated carbocycles. The molecule has 1 aliphatic heterocycles. The average Bonchev–Trinajstić information content (AvgIpc) is 3.22. The van der Waals surface area contributed by atoms with E-state index < -0.39 is 0 Å². The van der Waals surface area contributed by atoms with E-state index in [4.69, 9.17) is 4.52 Å². The van der Waals surface area contributed by atoms with Crippen LogP contribution in [0.1, 0.15) is 42.4 Å². The summed E-state index contributed by atoms with van der Waals surface area (Å²) in [5.74, 6) is 2.55. The molecule has 0 radical (unpaired) electrons. The minimum Gasteiger partial charge on any atom is -0.354 e. The third-order valence-electron chi connectivity index (χ3n) is 4.91. The van der Waals surface area contributed by atoms with E-state index in [1.165, 1.54) is 17.7 Å². The first-order valence-electron chi connectivity index (χ1n) is 8.34. The molecule has 1 aliphatic carbocycles. The van der Waals surface area contributed by atoms with E-state index in [2.05, 4.69) is 36.8 Å². The fourth-order valence-corrected chi connectivity index (χ4v) is 3.57. The number of hydrogen-bond donors (Lipinski definition) is 0. The third-order valence-corrected chi connectivity index (χ3v) is 4.91. The highest BCUT2D eigenvalue weighted by Gasteiger charge is 2.28. The summed E-state index contributed by atoms with van der Waals surface area (Å²) in [5.41, 5.74) is 2.61. The zero-order valence-electron chi connectivity index (χ0n) is 13.7. The van der Waals surface area contributed by atoms with E-state index in [-0.39, 0.29) is 6.04 Å². The first-order valence-corrected chi connectivity index (χ1v) is 8.34. The van der Waals surface area contributed by atoms with Crippen molar-refractivity contribution >= 4 is 5.82 Å². The molecule has 1 saturated heterocycles. The van der Waals surface area contributed by atoms with Crippen LogP contribution in [0.5, 0.6) is 0 Å². The van der Waals surface area contributed by atoms with Gasteiger partial charge in [0.15, 0.2) is 5.82 Å². The summed E-state index contributed by atoms with van der Waals surface area (Å²) in [7, 11) is 0. The van der Waals surface area contributed by atoms with Gasteiger partial charge in [-0.05, 0) is 33.1 Å². The van der Waals surface area contributed by atoms with Crippen LogP contribution in [0.2, 0.25) is 0 Å². The largest absolute Gasteiger partial charge is 0.354 e. The summed E-state index contributed by atoms with van der Waals surface area (Å²) in [6.45, 7) is 7.88. The van der Waals surface area contributed by atoms with Gasteiger partial charge in [0.25, 0.3) is 0 Å². The number of nitrogens with zero attached hydrogens (tertiary/aromatic N) is 6. The molecule has 1 fully saturated rings. The molecule has 4 rings (SSSR count). The van der Waals surface area contributed by atoms with Crippen molar-refractivity contribution < 1.29 is 4.52 Å². The second kappa shape index (κ2) is 5.88. The van der Waals surface area contributed by atoms with Gasteiger partial charge in [0.1, 0.15) is 12.1 Å². The van der Waals surface area contributed by atoms with Gasteiger partial charge in [-0.25, -0.2) is 9.97 Å². The number of hydrogen-bond acceptors (Lipinski definition) is 7. The van der Waals surface area contributed by atoms with Crippen LogP contribution in [-0.4, -0.2) is 51.2 Å². The number of fused-ring (bicyclic) bond motifs is 1. The van der Waals surface area contributed by atoms with Crippen LogP contribution in [0.15, 0.2) is 10.9 Å². The smallest absolute Gasteiger partial charge is 0.243 e. The molecule has 2 aromatic heterocycles. The van der Waals surface area contributed by atoms with Crippen LogP contribution in [0, 0.1) is 6.92 Å².